The Bertz CT molecular complexity index is 2060. The first kappa shape index (κ1) is 44.2. The summed E-state index contributed by atoms with van der Waals surface area (Å²) in [6, 6.07) is 12.6. The molecule has 316 valence electrons. The summed E-state index contributed by atoms with van der Waals surface area (Å²) in [4.78, 5) is 36.8. The van der Waals surface area contributed by atoms with Crippen molar-refractivity contribution in [3.63, 3.8) is 0 Å². The van der Waals surface area contributed by atoms with E-state index in [4.69, 9.17) is 59.4 Å². The number of nitrogens with zero attached hydrogens (tertiary/aromatic N) is 3. The number of hydrogen-bond acceptors (Lipinski definition) is 11. The zero-order valence-electron chi connectivity index (χ0n) is 31.5. The largest absolute Gasteiger partial charge is 0.489 e. The molecule has 3 aromatic carbocycles. The molecule has 2 saturated heterocycles. The number of sulfone groups is 1. The Morgan fingerprint density at radius 2 is 1.62 bits per heavy atom. The van der Waals surface area contributed by atoms with Gasteiger partial charge in [-0.3, -0.25) is 20.1 Å². The van der Waals surface area contributed by atoms with Crippen LogP contribution in [0.3, 0.4) is 0 Å². The number of fused-ring (bicyclic) bond motifs is 2. The van der Waals surface area contributed by atoms with Crippen LogP contribution in [0.2, 0.25) is 15.1 Å². The van der Waals surface area contributed by atoms with Gasteiger partial charge in [0.1, 0.15) is 17.4 Å². The van der Waals surface area contributed by atoms with Crippen molar-refractivity contribution in [1.29, 1.82) is 0 Å². The monoisotopic (exact) mass is 889 g/mol. The summed E-state index contributed by atoms with van der Waals surface area (Å²) in [5, 5.41) is 17.1. The molecule has 4 atom stereocenters. The Labute approximate surface area is 350 Å². The Hall–Kier alpha value is -3.32. The molecule has 3 fully saturated rings. The Morgan fingerprint density at radius 3 is 2.33 bits per heavy atom. The topological polar surface area (TPSA) is 155 Å². The maximum Gasteiger partial charge on any atom is 0.410 e. The zero-order valence-corrected chi connectivity index (χ0v) is 34.6. The van der Waals surface area contributed by atoms with Crippen molar-refractivity contribution in [1.82, 2.24) is 15.2 Å². The van der Waals surface area contributed by atoms with Gasteiger partial charge in [0.25, 0.3) is 0 Å². The molecular weight excluding hydrogens is 847 g/mol. The molecule has 6 rings (SSSR count). The van der Waals surface area contributed by atoms with Gasteiger partial charge in [0.2, 0.25) is 5.91 Å². The molecule has 58 heavy (non-hydrogen) atoms. The number of carbonyl (C=O) groups is 2. The number of benzene rings is 3. The van der Waals surface area contributed by atoms with Gasteiger partial charge in [0.15, 0.2) is 21.4 Å². The summed E-state index contributed by atoms with van der Waals surface area (Å²) in [6.45, 7) is 1.44. The number of halogens is 5. The van der Waals surface area contributed by atoms with Crippen LogP contribution in [0.4, 0.5) is 13.6 Å². The van der Waals surface area contributed by atoms with Gasteiger partial charge in [-0.1, -0.05) is 71.2 Å². The molecule has 3 aliphatic rings. The van der Waals surface area contributed by atoms with Gasteiger partial charge in [-0.25, -0.2) is 26.8 Å². The molecule has 0 radical (unpaired) electrons. The number of carbonyl (C=O) groups excluding carboxylic acids is 2. The highest BCUT2D eigenvalue weighted by Crippen LogP contribution is 2.53. The molecule has 2 amide bonds. The summed E-state index contributed by atoms with van der Waals surface area (Å²) in [5.41, 5.74) is 0.851. The molecule has 19 heteroatoms. The lowest BCUT2D eigenvalue weighted by Gasteiger charge is -2.57. The van der Waals surface area contributed by atoms with E-state index >= 15 is 4.79 Å². The summed E-state index contributed by atoms with van der Waals surface area (Å²) < 4.78 is 71.5. The molecule has 2 N–H and O–H groups in total. The average molecular weight is 891 g/mol. The van der Waals surface area contributed by atoms with Crippen LogP contribution in [0.25, 0.3) is 0 Å². The highest BCUT2D eigenvalue weighted by atomic mass is 35.5. The molecule has 1 saturated carbocycles. The van der Waals surface area contributed by atoms with Gasteiger partial charge < -0.3 is 19.1 Å². The van der Waals surface area contributed by atoms with E-state index in [-0.39, 0.29) is 69.5 Å². The van der Waals surface area contributed by atoms with E-state index < -0.39 is 67.1 Å². The van der Waals surface area contributed by atoms with E-state index in [1.54, 1.807) is 30.0 Å². The fraction of sp³-hybridized carbons (Fsp3) is 0.487. The van der Waals surface area contributed by atoms with Crippen LogP contribution >= 0.6 is 34.8 Å². The molecule has 0 aromatic heterocycles. The van der Waals surface area contributed by atoms with Gasteiger partial charge in [0.05, 0.1) is 64.8 Å². The molecule has 4 unspecified atom stereocenters. The SMILES string of the molecule is CC1(C(=O)N(Cc2cccc(Cl)c2Cl)C2CC2)C(c2ccc(CCCOc3c(F)ccc(F)c3Cl)cc2)CC2CS(=O)(=O)CC1N2C(=O)OCCOCCON(O)O. The van der Waals surface area contributed by atoms with Gasteiger partial charge in [-0.2, -0.15) is 0 Å². The maximum atomic E-state index is 15.3. The van der Waals surface area contributed by atoms with Crippen molar-refractivity contribution in [2.24, 2.45) is 5.41 Å². The summed E-state index contributed by atoms with van der Waals surface area (Å²) in [5.74, 6) is -3.54. The molecule has 13 nitrogen and oxygen atoms in total. The Balaban J connectivity index is 1.26. The third-order valence-corrected chi connectivity index (χ3v) is 13.9. The van der Waals surface area contributed by atoms with Crippen LogP contribution in [-0.4, -0.2) is 109 Å². The van der Waals surface area contributed by atoms with E-state index in [1.807, 2.05) is 24.3 Å². The van der Waals surface area contributed by atoms with E-state index in [2.05, 4.69) is 4.84 Å². The number of rotatable bonds is 17. The van der Waals surface area contributed by atoms with Crippen molar-refractivity contribution < 1.29 is 56.3 Å². The summed E-state index contributed by atoms with van der Waals surface area (Å²) in [6.07, 6.45) is 1.80. The first-order chi connectivity index (χ1) is 27.6. The zero-order chi connectivity index (χ0) is 41.8. The van der Waals surface area contributed by atoms with Crippen LogP contribution in [0.1, 0.15) is 55.2 Å². The minimum Gasteiger partial charge on any atom is -0.489 e. The van der Waals surface area contributed by atoms with Crippen LogP contribution in [-0.2, 0) is 41.9 Å². The summed E-state index contributed by atoms with van der Waals surface area (Å²) in [7, 11) is -3.72. The molecule has 3 aromatic rings. The molecule has 0 spiro atoms. The van der Waals surface area contributed by atoms with E-state index in [1.165, 1.54) is 4.90 Å². The van der Waals surface area contributed by atoms with Gasteiger partial charge in [0, 0.05) is 24.5 Å². The normalized spacial score (nSPS) is 22.5. The van der Waals surface area contributed by atoms with Crippen LogP contribution in [0.5, 0.6) is 5.75 Å². The third-order valence-electron chi connectivity index (χ3n) is 10.9. The number of piperidine rings is 1. The van der Waals surface area contributed by atoms with E-state index in [0.29, 0.717) is 28.5 Å². The number of ether oxygens (including phenoxy) is 3. The van der Waals surface area contributed by atoms with Gasteiger partial charge in [-0.05, 0) is 73.9 Å². The predicted octanol–water partition coefficient (Wildman–Crippen LogP) is 7.25. The van der Waals surface area contributed by atoms with Gasteiger partial charge in [-0.15, -0.1) is 0 Å². The summed E-state index contributed by atoms with van der Waals surface area (Å²) >= 11 is 18.9. The predicted molar refractivity (Wildman–Crippen MR) is 209 cm³/mol. The molecule has 2 bridgehead atoms. The second kappa shape index (κ2) is 18.9. The van der Waals surface area contributed by atoms with Crippen molar-refractivity contribution in [3.05, 3.63) is 98.0 Å². The van der Waals surface area contributed by atoms with E-state index in [9.17, 15) is 22.0 Å². The standard InChI is InChI=1S/C39H44Cl3F2N3O10S/c1-39(37(48)45(27-11-12-27)21-26-5-2-6-30(40)34(26)41)29(25-9-7-24(8-10-25)4-3-15-55-36-32(44)14-13-31(43)35(36)42)20-28-22-58(52,53)23-33(39)46(28)38(49)56-18-16-54-17-19-57-47(50)51/h2,5-10,13-14,27-29,33,50-51H,3-4,11-12,15-23H2,1H3. The van der Waals surface area contributed by atoms with E-state index in [0.717, 1.165) is 36.1 Å². The minimum absolute atomic E-state index is 0.0411. The maximum absolute atomic E-state index is 15.3. The van der Waals surface area contributed by atoms with Crippen molar-refractivity contribution in [2.75, 3.05) is 44.5 Å². The van der Waals surface area contributed by atoms with Crippen molar-refractivity contribution in [3.8, 4) is 5.75 Å². The second-order valence-electron chi connectivity index (χ2n) is 14.8. The number of aryl methyl sites for hydroxylation is 1. The number of amides is 2. The lowest BCUT2D eigenvalue weighted by Crippen LogP contribution is -2.70. The minimum atomic E-state index is -3.72. The third kappa shape index (κ3) is 10.2. The first-order valence-corrected chi connectivity index (χ1v) is 21.7. The van der Waals surface area contributed by atoms with Gasteiger partial charge >= 0.3 is 6.09 Å². The Kier molecular flexibility index (Phi) is 14.4. The van der Waals surface area contributed by atoms with Crippen molar-refractivity contribution >= 4 is 56.6 Å². The fourth-order valence-corrected chi connectivity index (χ4v) is 10.5. The highest BCUT2D eigenvalue weighted by Gasteiger charge is 2.62. The lowest BCUT2D eigenvalue weighted by atomic mass is 9.62. The van der Waals surface area contributed by atoms with Crippen molar-refractivity contribution in [2.45, 2.75) is 69.6 Å². The van der Waals surface area contributed by atoms with Crippen LogP contribution < -0.4 is 4.74 Å². The molecular formula is C39H44Cl3F2N3O10S. The second-order valence-corrected chi connectivity index (χ2v) is 18.1. The van der Waals surface area contributed by atoms with Crippen LogP contribution in [0, 0.1) is 17.0 Å². The Morgan fingerprint density at radius 1 is 0.914 bits per heavy atom. The average Bonchev–Trinajstić information content (AvgIpc) is 4.02. The fourth-order valence-electron chi connectivity index (χ4n) is 7.93. The lowest BCUT2D eigenvalue weighted by molar-refractivity contribution is -0.493. The molecule has 2 aliphatic heterocycles. The smallest absolute Gasteiger partial charge is 0.410 e. The first-order valence-electron chi connectivity index (χ1n) is 18.7. The quantitative estimate of drug-likeness (QED) is 0.0800. The number of hydrogen-bond donors (Lipinski definition) is 2. The molecule has 2 heterocycles. The van der Waals surface area contributed by atoms with Crippen LogP contribution in [0.15, 0.2) is 54.6 Å². The highest BCUT2D eigenvalue weighted by molar-refractivity contribution is 7.91. The molecule has 1 aliphatic carbocycles.